The van der Waals surface area contributed by atoms with Gasteiger partial charge in [0.25, 0.3) is 5.91 Å². The number of amides is 1. The maximum atomic E-state index is 12.2. The highest BCUT2D eigenvalue weighted by atomic mass is 32.2. The lowest BCUT2D eigenvalue weighted by Gasteiger charge is -2.17. The van der Waals surface area contributed by atoms with Gasteiger partial charge in [-0.2, -0.15) is 0 Å². The molecule has 1 amide bonds. The molecule has 0 radical (unpaired) electrons. The van der Waals surface area contributed by atoms with E-state index in [0.717, 1.165) is 22.6 Å². The number of nitrogens with two attached hydrogens (primary N) is 1. The molecule has 0 aliphatic carbocycles. The molecule has 0 unspecified atom stereocenters. The van der Waals surface area contributed by atoms with E-state index >= 15 is 0 Å². The number of carbonyl (C=O) groups is 1. The SMILES string of the molecule is Cc1ccccc1OCCN(C)C(=O)c1csc(S(N)(=O)=O)c1. The molecule has 0 saturated heterocycles. The van der Waals surface area contributed by atoms with Gasteiger partial charge in [0, 0.05) is 12.4 Å². The summed E-state index contributed by atoms with van der Waals surface area (Å²) in [6.45, 7) is 2.68. The summed E-state index contributed by atoms with van der Waals surface area (Å²) in [5, 5.41) is 6.53. The monoisotopic (exact) mass is 354 g/mol. The van der Waals surface area contributed by atoms with E-state index < -0.39 is 10.0 Å². The number of thiophene rings is 1. The summed E-state index contributed by atoms with van der Waals surface area (Å²) in [4.78, 5) is 13.7. The minimum absolute atomic E-state index is 0.0228. The third-order valence-corrected chi connectivity index (χ3v) is 5.61. The van der Waals surface area contributed by atoms with Gasteiger partial charge in [0.2, 0.25) is 10.0 Å². The molecule has 0 aliphatic rings. The zero-order chi connectivity index (χ0) is 17.0. The molecule has 0 bridgehead atoms. The Balaban J connectivity index is 1.93. The zero-order valence-electron chi connectivity index (χ0n) is 12.9. The van der Waals surface area contributed by atoms with Crippen LogP contribution in [-0.4, -0.2) is 39.4 Å². The number of benzene rings is 1. The summed E-state index contributed by atoms with van der Waals surface area (Å²) in [5.41, 5.74) is 1.33. The summed E-state index contributed by atoms with van der Waals surface area (Å²) >= 11 is 0.933. The number of para-hydroxylation sites is 1. The number of primary sulfonamides is 1. The number of hydrogen-bond donors (Lipinski definition) is 1. The molecular formula is C15H18N2O4S2. The standard InChI is InChI=1S/C15H18N2O4S2/c1-11-5-3-4-6-13(11)21-8-7-17(2)15(18)12-9-14(22-10-12)23(16,19)20/h3-6,9-10H,7-8H2,1-2H3,(H2,16,19,20). The van der Waals surface area contributed by atoms with Crippen molar-refractivity contribution < 1.29 is 17.9 Å². The fourth-order valence-electron chi connectivity index (χ4n) is 1.91. The molecule has 1 aromatic carbocycles. The van der Waals surface area contributed by atoms with Gasteiger partial charge in [-0.05, 0) is 24.6 Å². The van der Waals surface area contributed by atoms with Crippen LogP contribution in [0.1, 0.15) is 15.9 Å². The summed E-state index contributed by atoms with van der Waals surface area (Å²) in [6, 6.07) is 8.93. The van der Waals surface area contributed by atoms with Gasteiger partial charge in [-0.25, -0.2) is 13.6 Å². The van der Waals surface area contributed by atoms with E-state index in [2.05, 4.69) is 0 Å². The van der Waals surface area contributed by atoms with Gasteiger partial charge < -0.3 is 9.64 Å². The Hall–Kier alpha value is -1.90. The largest absolute Gasteiger partial charge is 0.491 e. The van der Waals surface area contributed by atoms with Crippen molar-refractivity contribution in [3.63, 3.8) is 0 Å². The average Bonchev–Trinajstić information content (AvgIpc) is 2.98. The quantitative estimate of drug-likeness (QED) is 0.857. The molecule has 2 aromatic rings. The third kappa shape index (κ3) is 4.54. The Morgan fingerprint density at radius 3 is 2.65 bits per heavy atom. The highest BCUT2D eigenvalue weighted by molar-refractivity contribution is 7.91. The van der Waals surface area contributed by atoms with E-state index in [1.165, 1.54) is 16.3 Å². The van der Waals surface area contributed by atoms with Crippen LogP contribution >= 0.6 is 11.3 Å². The van der Waals surface area contributed by atoms with Gasteiger partial charge in [0.15, 0.2) is 0 Å². The minimum atomic E-state index is -3.78. The number of nitrogens with zero attached hydrogens (tertiary/aromatic N) is 1. The normalized spacial score (nSPS) is 11.3. The first-order valence-electron chi connectivity index (χ1n) is 6.84. The van der Waals surface area contributed by atoms with Gasteiger partial charge in [0.05, 0.1) is 12.1 Å². The van der Waals surface area contributed by atoms with Crippen molar-refractivity contribution in [1.82, 2.24) is 4.90 Å². The van der Waals surface area contributed by atoms with Crippen molar-refractivity contribution in [2.24, 2.45) is 5.14 Å². The molecule has 6 nitrogen and oxygen atoms in total. The fraction of sp³-hybridized carbons (Fsp3) is 0.267. The van der Waals surface area contributed by atoms with Crippen LogP contribution in [0, 0.1) is 6.92 Å². The number of likely N-dealkylation sites (N-methyl/N-ethyl adjacent to an activating group) is 1. The predicted octanol–water partition coefficient (Wildman–Crippen LogP) is 1.85. The van der Waals surface area contributed by atoms with Crippen LogP contribution < -0.4 is 9.88 Å². The molecule has 0 spiro atoms. The molecule has 23 heavy (non-hydrogen) atoms. The number of aryl methyl sites for hydroxylation is 1. The van der Waals surface area contributed by atoms with Crippen LogP contribution in [0.15, 0.2) is 39.9 Å². The molecule has 0 saturated carbocycles. The molecule has 2 N–H and O–H groups in total. The van der Waals surface area contributed by atoms with Gasteiger partial charge in [0.1, 0.15) is 16.6 Å². The van der Waals surface area contributed by atoms with Crippen LogP contribution in [0.5, 0.6) is 5.75 Å². The molecule has 1 aromatic heterocycles. The van der Waals surface area contributed by atoms with E-state index in [0.29, 0.717) is 18.7 Å². The van der Waals surface area contributed by atoms with Gasteiger partial charge in [-0.3, -0.25) is 4.79 Å². The summed E-state index contributed by atoms with van der Waals surface area (Å²) < 4.78 is 28.1. The Labute approximate surface area is 139 Å². The molecule has 2 rings (SSSR count). The van der Waals surface area contributed by atoms with Crippen molar-refractivity contribution in [3.8, 4) is 5.75 Å². The molecule has 8 heteroatoms. The fourth-order valence-corrected chi connectivity index (χ4v) is 3.49. The smallest absolute Gasteiger partial charge is 0.254 e. The van der Waals surface area contributed by atoms with Crippen molar-refractivity contribution in [1.29, 1.82) is 0 Å². The summed E-state index contributed by atoms with van der Waals surface area (Å²) in [5.74, 6) is 0.505. The molecule has 1 heterocycles. The number of ether oxygens (including phenoxy) is 1. The average molecular weight is 354 g/mol. The van der Waals surface area contributed by atoms with Crippen LogP contribution in [0.2, 0.25) is 0 Å². The number of carbonyl (C=O) groups excluding carboxylic acids is 1. The maximum Gasteiger partial charge on any atom is 0.254 e. The molecule has 0 aliphatic heterocycles. The van der Waals surface area contributed by atoms with Crippen LogP contribution in [0.3, 0.4) is 0 Å². The molecule has 124 valence electrons. The Morgan fingerprint density at radius 2 is 2.04 bits per heavy atom. The second kappa shape index (κ2) is 7.12. The molecular weight excluding hydrogens is 336 g/mol. The first-order chi connectivity index (χ1) is 10.8. The topological polar surface area (TPSA) is 89.7 Å². The Bertz CT molecular complexity index is 799. The van der Waals surface area contributed by atoms with Crippen LogP contribution in [0.4, 0.5) is 0 Å². The zero-order valence-corrected chi connectivity index (χ0v) is 14.5. The predicted molar refractivity (Wildman–Crippen MR) is 89.3 cm³/mol. The minimum Gasteiger partial charge on any atom is -0.491 e. The van der Waals surface area contributed by atoms with E-state index in [1.54, 1.807) is 7.05 Å². The summed E-state index contributed by atoms with van der Waals surface area (Å²) in [6.07, 6.45) is 0. The van der Waals surface area contributed by atoms with Gasteiger partial charge >= 0.3 is 0 Å². The third-order valence-electron chi connectivity index (χ3n) is 3.23. The maximum absolute atomic E-state index is 12.2. The lowest BCUT2D eigenvalue weighted by atomic mass is 10.2. The van der Waals surface area contributed by atoms with Crippen molar-refractivity contribution >= 4 is 27.3 Å². The second-order valence-corrected chi connectivity index (χ2v) is 7.74. The summed E-state index contributed by atoms with van der Waals surface area (Å²) in [7, 11) is -2.14. The van der Waals surface area contributed by atoms with Crippen molar-refractivity contribution in [2.75, 3.05) is 20.2 Å². The lowest BCUT2D eigenvalue weighted by molar-refractivity contribution is 0.0774. The van der Waals surface area contributed by atoms with Crippen molar-refractivity contribution in [2.45, 2.75) is 11.1 Å². The lowest BCUT2D eigenvalue weighted by Crippen LogP contribution is -2.30. The van der Waals surface area contributed by atoms with Crippen LogP contribution in [0.25, 0.3) is 0 Å². The van der Waals surface area contributed by atoms with E-state index in [9.17, 15) is 13.2 Å². The highest BCUT2D eigenvalue weighted by Gasteiger charge is 2.18. The number of sulfonamides is 1. The Morgan fingerprint density at radius 1 is 1.35 bits per heavy atom. The molecule has 0 atom stereocenters. The van der Waals surface area contributed by atoms with Crippen molar-refractivity contribution in [3.05, 3.63) is 46.8 Å². The second-order valence-electron chi connectivity index (χ2n) is 5.04. The van der Waals surface area contributed by atoms with E-state index in [-0.39, 0.29) is 10.1 Å². The van der Waals surface area contributed by atoms with Crippen LogP contribution in [-0.2, 0) is 10.0 Å². The number of hydrogen-bond acceptors (Lipinski definition) is 5. The highest BCUT2D eigenvalue weighted by Crippen LogP contribution is 2.20. The van der Waals surface area contributed by atoms with E-state index in [1.807, 2.05) is 31.2 Å². The van der Waals surface area contributed by atoms with E-state index in [4.69, 9.17) is 9.88 Å². The molecule has 0 fully saturated rings. The van der Waals surface area contributed by atoms with Gasteiger partial charge in [-0.15, -0.1) is 11.3 Å². The first kappa shape index (κ1) is 17.5. The first-order valence-corrected chi connectivity index (χ1v) is 9.27. The Kier molecular flexibility index (Phi) is 5.40. The number of rotatable bonds is 6. The van der Waals surface area contributed by atoms with Gasteiger partial charge in [-0.1, -0.05) is 18.2 Å².